The van der Waals surface area contributed by atoms with E-state index in [9.17, 15) is 21.6 Å². The van der Waals surface area contributed by atoms with Gasteiger partial charge in [0.25, 0.3) is 0 Å². The molecule has 2 aromatic rings. The number of hydrogen-bond donors (Lipinski definition) is 3. The van der Waals surface area contributed by atoms with Crippen LogP contribution in [0.2, 0.25) is 0 Å². The molecule has 0 aliphatic rings. The summed E-state index contributed by atoms with van der Waals surface area (Å²) in [6.07, 6.45) is -3.83. The maximum Gasteiger partial charge on any atom is 0.416 e. The minimum atomic E-state index is -4.34. The molecule has 0 radical (unpaired) electrons. The summed E-state index contributed by atoms with van der Waals surface area (Å²) in [5, 5.41) is 11.2. The van der Waals surface area contributed by atoms with Crippen molar-refractivity contribution in [1.82, 2.24) is 10.6 Å². The number of primary sulfonamides is 1. The maximum absolute atomic E-state index is 12.6. The van der Waals surface area contributed by atoms with Crippen LogP contribution in [0.3, 0.4) is 0 Å². The van der Waals surface area contributed by atoms with E-state index in [0.29, 0.717) is 31.0 Å². The van der Waals surface area contributed by atoms with Gasteiger partial charge in [-0.3, -0.25) is 4.99 Å². The van der Waals surface area contributed by atoms with Gasteiger partial charge in [-0.25, -0.2) is 13.6 Å². The first-order valence-corrected chi connectivity index (χ1v) is 9.86. The molecular formula is C18H21F3N4O2S. The fourth-order valence-electron chi connectivity index (χ4n) is 2.42. The molecule has 152 valence electrons. The zero-order valence-electron chi connectivity index (χ0n) is 15.1. The van der Waals surface area contributed by atoms with Gasteiger partial charge >= 0.3 is 6.18 Å². The Bertz CT molecular complexity index is 927. The molecule has 0 atom stereocenters. The van der Waals surface area contributed by atoms with Crippen molar-refractivity contribution in [3.63, 3.8) is 0 Å². The first-order valence-electron chi connectivity index (χ1n) is 8.32. The van der Waals surface area contributed by atoms with Crippen molar-refractivity contribution in [2.45, 2.75) is 24.0 Å². The van der Waals surface area contributed by atoms with Crippen molar-refractivity contribution in [3.05, 3.63) is 65.2 Å². The van der Waals surface area contributed by atoms with Gasteiger partial charge in [0.2, 0.25) is 10.0 Å². The number of alkyl halides is 3. The van der Waals surface area contributed by atoms with E-state index in [0.717, 1.165) is 17.7 Å². The highest BCUT2D eigenvalue weighted by molar-refractivity contribution is 7.89. The number of halogens is 3. The molecule has 6 nitrogen and oxygen atoms in total. The Kier molecular flexibility index (Phi) is 7.03. The van der Waals surface area contributed by atoms with E-state index in [4.69, 9.17) is 5.14 Å². The van der Waals surface area contributed by atoms with Crippen LogP contribution in [0.1, 0.15) is 16.7 Å². The molecule has 0 heterocycles. The normalized spacial score (nSPS) is 12.7. The van der Waals surface area contributed by atoms with E-state index in [1.165, 1.54) is 24.3 Å². The van der Waals surface area contributed by atoms with E-state index in [1.54, 1.807) is 19.2 Å². The first kappa shape index (κ1) is 21.7. The van der Waals surface area contributed by atoms with Gasteiger partial charge in [0, 0.05) is 20.1 Å². The van der Waals surface area contributed by atoms with Crippen LogP contribution in [0.25, 0.3) is 0 Å². The van der Waals surface area contributed by atoms with Crippen molar-refractivity contribution < 1.29 is 21.6 Å². The number of nitrogens with one attached hydrogen (secondary N) is 2. The Morgan fingerprint density at radius 2 is 1.75 bits per heavy atom. The third kappa shape index (κ3) is 6.54. The maximum atomic E-state index is 12.6. The average molecular weight is 414 g/mol. The molecular weight excluding hydrogens is 393 g/mol. The SMILES string of the molecule is CN=C(NCCc1ccc(C(F)(F)F)cc1)NCc1cccc(S(N)(=O)=O)c1. The third-order valence-electron chi connectivity index (χ3n) is 3.90. The second kappa shape index (κ2) is 9.07. The number of hydrogen-bond acceptors (Lipinski definition) is 3. The van der Waals surface area contributed by atoms with E-state index in [-0.39, 0.29) is 4.90 Å². The Balaban J connectivity index is 1.85. The summed E-state index contributed by atoms with van der Waals surface area (Å²) in [5.74, 6) is 0.480. The van der Waals surface area contributed by atoms with Crippen molar-refractivity contribution in [1.29, 1.82) is 0 Å². The average Bonchev–Trinajstić information content (AvgIpc) is 2.63. The van der Waals surface area contributed by atoms with E-state index in [2.05, 4.69) is 15.6 Å². The minimum Gasteiger partial charge on any atom is -0.356 e. The predicted molar refractivity (Wildman–Crippen MR) is 101 cm³/mol. The molecule has 10 heteroatoms. The highest BCUT2D eigenvalue weighted by Gasteiger charge is 2.29. The van der Waals surface area contributed by atoms with E-state index in [1.807, 2.05) is 0 Å². The lowest BCUT2D eigenvalue weighted by molar-refractivity contribution is -0.137. The Hall–Kier alpha value is -2.59. The lowest BCUT2D eigenvalue weighted by Gasteiger charge is -2.13. The van der Waals surface area contributed by atoms with Gasteiger partial charge < -0.3 is 10.6 Å². The molecule has 0 saturated heterocycles. The number of rotatable bonds is 6. The van der Waals surface area contributed by atoms with Gasteiger partial charge in [-0.05, 0) is 41.8 Å². The van der Waals surface area contributed by atoms with Gasteiger partial charge in [-0.15, -0.1) is 0 Å². The van der Waals surface area contributed by atoms with E-state index < -0.39 is 21.8 Å². The van der Waals surface area contributed by atoms with Crippen LogP contribution in [-0.2, 0) is 29.2 Å². The molecule has 4 N–H and O–H groups in total. The van der Waals surface area contributed by atoms with Crippen LogP contribution in [0.5, 0.6) is 0 Å². The number of nitrogens with zero attached hydrogens (tertiary/aromatic N) is 1. The number of sulfonamides is 1. The zero-order chi connectivity index (χ0) is 20.8. The quantitative estimate of drug-likeness (QED) is 0.499. The van der Waals surface area contributed by atoms with Gasteiger partial charge in [0.05, 0.1) is 10.5 Å². The van der Waals surface area contributed by atoms with Gasteiger partial charge in [-0.2, -0.15) is 13.2 Å². The summed E-state index contributed by atoms with van der Waals surface area (Å²) in [6.45, 7) is 0.783. The molecule has 28 heavy (non-hydrogen) atoms. The summed E-state index contributed by atoms with van der Waals surface area (Å²) in [4.78, 5) is 4.08. The lowest BCUT2D eigenvalue weighted by Crippen LogP contribution is -2.37. The monoisotopic (exact) mass is 414 g/mol. The highest BCUT2D eigenvalue weighted by atomic mass is 32.2. The second-order valence-electron chi connectivity index (χ2n) is 5.99. The Morgan fingerprint density at radius 3 is 2.32 bits per heavy atom. The third-order valence-corrected chi connectivity index (χ3v) is 4.81. The van der Waals surface area contributed by atoms with Crippen LogP contribution >= 0.6 is 0 Å². The zero-order valence-corrected chi connectivity index (χ0v) is 15.9. The molecule has 0 aromatic heterocycles. The van der Waals surface area contributed by atoms with Crippen molar-refractivity contribution in [2.75, 3.05) is 13.6 Å². The van der Waals surface area contributed by atoms with Crippen LogP contribution < -0.4 is 15.8 Å². The van der Waals surface area contributed by atoms with Crippen molar-refractivity contribution >= 4 is 16.0 Å². The van der Waals surface area contributed by atoms with Gasteiger partial charge in [0.15, 0.2) is 5.96 Å². The van der Waals surface area contributed by atoms with Gasteiger partial charge in [-0.1, -0.05) is 24.3 Å². The van der Waals surface area contributed by atoms with E-state index >= 15 is 0 Å². The molecule has 0 unspecified atom stereocenters. The van der Waals surface area contributed by atoms with Crippen LogP contribution in [0, 0.1) is 0 Å². The summed E-state index contributed by atoms with van der Waals surface area (Å²) in [6, 6.07) is 11.2. The first-order chi connectivity index (χ1) is 13.1. The van der Waals surface area contributed by atoms with Crippen LogP contribution in [-0.4, -0.2) is 28.0 Å². The van der Waals surface area contributed by atoms with Gasteiger partial charge in [0.1, 0.15) is 0 Å². The predicted octanol–water partition coefficient (Wildman–Crippen LogP) is 2.26. The number of guanidine groups is 1. The Labute approximate surface area is 161 Å². The second-order valence-corrected chi connectivity index (χ2v) is 7.55. The molecule has 0 aliphatic heterocycles. The lowest BCUT2D eigenvalue weighted by atomic mass is 10.1. The summed E-state index contributed by atoms with van der Waals surface area (Å²) >= 11 is 0. The molecule has 2 aromatic carbocycles. The molecule has 0 aliphatic carbocycles. The molecule has 0 fully saturated rings. The Morgan fingerprint density at radius 1 is 1.07 bits per heavy atom. The van der Waals surface area contributed by atoms with Crippen LogP contribution in [0.4, 0.5) is 13.2 Å². The number of benzene rings is 2. The summed E-state index contributed by atoms with van der Waals surface area (Å²) in [5.41, 5.74) is 0.789. The molecule has 0 spiro atoms. The fraction of sp³-hybridized carbons (Fsp3) is 0.278. The summed E-state index contributed by atoms with van der Waals surface area (Å²) < 4.78 is 60.5. The van der Waals surface area contributed by atoms with Crippen LogP contribution in [0.15, 0.2) is 58.4 Å². The molecule has 2 rings (SSSR count). The molecule has 0 saturated carbocycles. The highest BCUT2D eigenvalue weighted by Crippen LogP contribution is 2.29. The number of nitrogens with two attached hydrogens (primary N) is 1. The summed E-state index contributed by atoms with van der Waals surface area (Å²) in [7, 11) is -2.19. The largest absolute Gasteiger partial charge is 0.416 e. The van der Waals surface area contributed by atoms with Crippen molar-refractivity contribution in [3.8, 4) is 0 Å². The molecule has 0 amide bonds. The van der Waals surface area contributed by atoms with Crippen molar-refractivity contribution in [2.24, 2.45) is 10.1 Å². The standard InChI is InChI=1S/C18H21F3N4O2S/c1-23-17(25-12-14-3-2-4-16(11-14)28(22,26)27)24-10-9-13-5-7-15(8-6-13)18(19,20)21/h2-8,11H,9-10,12H2,1H3,(H2,22,26,27)(H2,23,24,25). The minimum absolute atomic E-state index is 0.0250. The number of aliphatic imine (C=N–C) groups is 1. The molecule has 0 bridgehead atoms. The smallest absolute Gasteiger partial charge is 0.356 e. The fourth-order valence-corrected chi connectivity index (χ4v) is 3.01. The topological polar surface area (TPSA) is 96.6 Å².